The van der Waals surface area contributed by atoms with E-state index in [0.717, 1.165) is 24.0 Å². The Kier molecular flexibility index (Phi) is 7.36. The van der Waals surface area contributed by atoms with Crippen LogP contribution in [0.25, 0.3) is 0 Å². The number of unbranched alkanes of at least 4 members (excludes halogenated alkanes) is 1. The number of benzene rings is 1. The van der Waals surface area contributed by atoms with Gasteiger partial charge in [0, 0.05) is 11.4 Å². The first-order valence-corrected chi connectivity index (χ1v) is 7.69. The Morgan fingerprint density at radius 1 is 1.28 bits per heavy atom. The molecule has 2 nitrogen and oxygen atoms in total. The Morgan fingerprint density at radius 2 is 2.00 bits per heavy atom. The van der Waals surface area contributed by atoms with Crippen molar-refractivity contribution in [3.63, 3.8) is 0 Å². The second-order valence-electron chi connectivity index (χ2n) is 4.74. The van der Waals surface area contributed by atoms with Crippen molar-refractivity contribution in [2.75, 3.05) is 26.0 Å². The maximum absolute atomic E-state index is 5.40. The monoisotopic (exact) mass is 313 g/mol. The van der Waals surface area contributed by atoms with Gasteiger partial charge in [0.15, 0.2) is 0 Å². The van der Waals surface area contributed by atoms with Crippen LogP contribution in [0.15, 0.2) is 24.3 Å². The summed E-state index contributed by atoms with van der Waals surface area (Å²) in [6.07, 6.45) is 3.53. The first-order chi connectivity index (χ1) is 8.69. The van der Waals surface area contributed by atoms with Crippen molar-refractivity contribution in [3.8, 4) is 5.75 Å². The lowest BCUT2D eigenvalue weighted by Crippen LogP contribution is -2.31. The zero-order chi connectivity index (χ0) is 13.4. The van der Waals surface area contributed by atoms with Crippen LogP contribution in [-0.4, -0.2) is 37.0 Å². The maximum atomic E-state index is 5.40. The summed E-state index contributed by atoms with van der Waals surface area (Å²) in [6, 6.07) is 8.83. The largest absolute Gasteiger partial charge is 0.496 e. The molecule has 3 heteroatoms. The zero-order valence-electron chi connectivity index (χ0n) is 11.7. The highest BCUT2D eigenvalue weighted by molar-refractivity contribution is 9.09. The van der Waals surface area contributed by atoms with Crippen LogP contribution in [0.5, 0.6) is 5.75 Å². The van der Waals surface area contributed by atoms with Crippen molar-refractivity contribution in [1.29, 1.82) is 0 Å². The van der Waals surface area contributed by atoms with Gasteiger partial charge in [0.1, 0.15) is 5.75 Å². The van der Waals surface area contributed by atoms with E-state index in [2.05, 4.69) is 46.9 Å². The molecular weight excluding hydrogens is 290 g/mol. The van der Waals surface area contributed by atoms with E-state index in [4.69, 9.17) is 4.74 Å². The average Bonchev–Trinajstić information content (AvgIpc) is 2.39. The van der Waals surface area contributed by atoms with E-state index >= 15 is 0 Å². The fraction of sp³-hybridized carbons (Fsp3) is 0.600. The lowest BCUT2D eigenvalue weighted by atomic mass is 10.0. The second kappa shape index (κ2) is 8.54. The molecule has 1 aromatic rings. The molecule has 0 saturated heterocycles. The molecule has 102 valence electrons. The average molecular weight is 314 g/mol. The molecule has 18 heavy (non-hydrogen) atoms. The second-order valence-corrected chi connectivity index (χ2v) is 5.53. The van der Waals surface area contributed by atoms with Gasteiger partial charge in [-0.15, -0.1) is 0 Å². The van der Waals surface area contributed by atoms with Crippen molar-refractivity contribution in [3.05, 3.63) is 29.8 Å². The number of likely N-dealkylation sites (N-methyl/N-ethyl adjacent to an activating group) is 1. The minimum atomic E-state index is 0.539. The van der Waals surface area contributed by atoms with Gasteiger partial charge in [0.25, 0.3) is 0 Å². The Balaban J connectivity index is 2.50. The van der Waals surface area contributed by atoms with E-state index < -0.39 is 0 Å². The predicted octanol–water partition coefficient (Wildman–Crippen LogP) is 3.73. The van der Waals surface area contributed by atoms with Gasteiger partial charge in [0.2, 0.25) is 0 Å². The lowest BCUT2D eigenvalue weighted by molar-refractivity contribution is 0.251. The third kappa shape index (κ3) is 4.99. The van der Waals surface area contributed by atoms with Crippen LogP contribution in [0.3, 0.4) is 0 Å². The first kappa shape index (κ1) is 15.5. The number of methoxy groups -OCH3 is 1. The van der Waals surface area contributed by atoms with Crippen LogP contribution in [0.2, 0.25) is 0 Å². The minimum Gasteiger partial charge on any atom is -0.496 e. The van der Waals surface area contributed by atoms with Gasteiger partial charge in [-0.05, 0) is 51.4 Å². The molecule has 0 aliphatic rings. The topological polar surface area (TPSA) is 12.5 Å². The molecule has 0 saturated carbocycles. The highest BCUT2D eigenvalue weighted by Crippen LogP contribution is 2.20. The fourth-order valence-corrected chi connectivity index (χ4v) is 2.42. The smallest absolute Gasteiger partial charge is 0.122 e. The third-order valence-corrected chi connectivity index (χ3v) is 3.92. The number of ether oxygens (including phenoxy) is 1. The van der Waals surface area contributed by atoms with Gasteiger partial charge in [-0.2, -0.15) is 0 Å². The van der Waals surface area contributed by atoms with Crippen molar-refractivity contribution in [2.45, 2.75) is 32.2 Å². The number of alkyl halides is 1. The summed E-state index contributed by atoms with van der Waals surface area (Å²) in [7, 11) is 3.94. The van der Waals surface area contributed by atoms with E-state index in [9.17, 15) is 0 Å². The molecular formula is C15H24BrNO. The molecule has 0 aromatic heterocycles. The highest BCUT2D eigenvalue weighted by Gasteiger charge is 2.12. The summed E-state index contributed by atoms with van der Waals surface area (Å²) in [4.78, 5) is 2.43. The van der Waals surface area contributed by atoms with E-state index in [1.165, 1.54) is 18.4 Å². The van der Waals surface area contributed by atoms with E-state index in [-0.39, 0.29) is 0 Å². The summed E-state index contributed by atoms with van der Waals surface area (Å²) in [6.45, 7) is 3.43. The molecule has 0 spiro atoms. The van der Waals surface area contributed by atoms with E-state index in [1.54, 1.807) is 7.11 Å². The van der Waals surface area contributed by atoms with E-state index in [1.807, 2.05) is 12.1 Å². The predicted molar refractivity (Wildman–Crippen MR) is 81.8 cm³/mol. The van der Waals surface area contributed by atoms with Crippen LogP contribution >= 0.6 is 15.9 Å². The van der Waals surface area contributed by atoms with Crippen molar-refractivity contribution >= 4 is 15.9 Å². The van der Waals surface area contributed by atoms with Gasteiger partial charge >= 0.3 is 0 Å². The fourth-order valence-electron chi connectivity index (χ4n) is 2.02. The van der Waals surface area contributed by atoms with Gasteiger partial charge in [-0.3, -0.25) is 0 Å². The molecule has 1 unspecified atom stereocenters. The molecule has 0 aliphatic carbocycles. The summed E-state index contributed by atoms with van der Waals surface area (Å²) in [5, 5.41) is 1.10. The van der Waals surface area contributed by atoms with Crippen LogP contribution in [0, 0.1) is 0 Å². The Morgan fingerprint density at radius 3 is 2.67 bits per heavy atom. The maximum Gasteiger partial charge on any atom is 0.122 e. The number of hydrogen-bond acceptors (Lipinski definition) is 2. The number of nitrogens with zero attached hydrogens (tertiary/aromatic N) is 1. The van der Waals surface area contributed by atoms with Gasteiger partial charge in [-0.25, -0.2) is 0 Å². The van der Waals surface area contributed by atoms with Crippen molar-refractivity contribution in [1.82, 2.24) is 4.90 Å². The molecule has 1 aromatic carbocycles. The van der Waals surface area contributed by atoms with Crippen LogP contribution < -0.4 is 4.74 Å². The Labute approximate surface area is 119 Å². The normalized spacial score (nSPS) is 12.7. The molecule has 0 radical (unpaired) electrons. The minimum absolute atomic E-state index is 0.539. The zero-order valence-corrected chi connectivity index (χ0v) is 13.2. The van der Waals surface area contributed by atoms with Crippen LogP contribution in [-0.2, 0) is 6.42 Å². The number of halogens is 1. The molecule has 0 heterocycles. The number of hydrogen-bond donors (Lipinski definition) is 0. The number of para-hydroxylation sites is 1. The van der Waals surface area contributed by atoms with E-state index in [0.29, 0.717) is 6.04 Å². The van der Waals surface area contributed by atoms with Crippen LogP contribution in [0.1, 0.15) is 25.3 Å². The summed E-state index contributed by atoms with van der Waals surface area (Å²) < 4.78 is 5.40. The van der Waals surface area contributed by atoms with Gasteiger partial charge in [-0.1, -0.05) is 34.1 Å². The molecule has 0 fully saturated rings. The molecule has 0 amide bonds. The molecule has 0 N–H and O–H groups in total. The molecule has 0 aliphatic heterocycles. The lowest BCUT2D eigenvalue weighted by Gasteiger charge is -2.25. The SMILES string of the molecule is COc1ccccc1CC(C)N(C)CCCCBr. The summed E-state index contributed by atoms with van der Waals surface area (Å²) >= 11 is 3.47. The van der Waals surface area contributed by atoms with Crippen molar-refractivity contribution < 1.29 is 4.74 Å². The standard InChI is InChI=1S/C15H24BrNO/c1-13(17(2)11-7-6-10-16)12-14-8-4-5-9-15(14)18-3/h4-5,8-9,13H,6-7,10-12H2,1-3H3. The third-order valence-electron chi connectivity index (χ3n) is 3.35. The Hall–Kier alpha value is -0.540. The van der Waals surface area contributed by atoms with Gasteiger partial charge < -0.3 is 9.64 Å². The summed E-state index contributed by atoms with van der Waals surface area (Å²) in [5.41, 5.74) is 1.29. The summed E-state index contributed by atoms with van der Waals surface area (Å²) in [5.74, 6) is 0.998. The quantitative estimate of drug-likeness (QED) is 0.535. The first-order valence-electron chi connectivity index (χ1n) is 6.57. The van der Waals surface area contributed by atoms with Crippen LogP contribution in [0.4, 0.5) is 0 Å². The Bertz CT molecular complexity index is 343. The van der Waals surface area contributed by atoms with Gasteiger partial charge in [0.05, 0.1) is 7.11 Å². The van der Waals surface area contributed by atoms with Crippen molar-refractivity contribution in [2.24, 2.45) is 0 Å². The molecule has 1 rings (SSSR count). The number of rotatable bonds is 8. The highest BCUT2D eigenvalue weighted by atomic mass is 79.9. The molecule has 0 bridgehead atoms. The molecule has 1 atom stereocenters.